The van der Waals surface area contributed by atoms with E-state index in [9.17, 15) is 9.59 Å². The van der Waals surface area contributed by atoms with E-state index >= 15 is 0 Å². The number of benzene rings is 1. The Labute approximate surface area is 150 Å². The standard InChI is InChI=1S/C18H19ClN2O2S/c19-16-6-2-1-4-14(16)12-17(22)20-7-9-21(10-8-20)18(23)13-15-5-3-11-24-15/h1-6,11H,7-10,12-13H2. The summed E-state index contributed by atoms with van der Waals surface area (Å²) in [5.41, 5.74) is 0.848. The Balaban J connectivity index is 1.50. The van der Waals surface area contributed by atoms with Gasteiger partial charge in [-0.1, -0.05) is 35.9 Å². The smallest absolute Gasteiger partial charge is 0.227 e. The molecular weight excluding hydrogens is 344 g/mol. The molecule has 0 N–H and O–H groups in total. The Morgan fingerprint density at radius 2 is 1.54 bits per heavy atom. The van der Waals surface area contributed by atoms with E-state index in [0.29, 0.717) is 44.0 Å². The van der Waals surface area contributed by atoms with E-state index in [1.807, 2.05) is 45.5 Å². The number of carbonyl (C=O) groups is 2. The molecule has 1 aliphatic heterocycles. The second-order valence-corrected chi connectivity index (χ2v) is 7.23. The first-order valence-corrected chi connectivity index (χ1v) is 9.20. The predicted octanol–water partition coefficient (Wildman–Crippen LogP) is 2.86. The maximum absolute atomic E-state index is 12.4. The first kappa shape index (κ1) is 17.0. The highest BCUT2D eigenvalue weighted by Crippen LogP contribution is 2.17. The first-order valence-electron chi connectivity index (χ1n) is 7.95. The average molecular weight is 363 g/mol. The fourth-order valence-electron chi connectivity index (χ4n) is 2.80. The van der Waals surface area contributed by atoms with Gasteiger partial charge in [0.15, 0.2) is 0 Å². The fraction of sp³-hybridized carbons (Fsp3) is 0.333. The summed E-state index contributed by atoms with van der Waals surface area (Å²) in [5.74, 6) is 0.198. The van der Waals surface area contributed by atoms with Crippen molar-refractivity contribution in [3.63, 3.8) is 0 Å². The molecule has 0 spiro atoms. The Hall–Kier alpha value is -1.85. The average Bonchev–Trinajstić information content (AvgIpc) is 3.10. The van der Waals surface area contributed by atoms with E-state index in [1.54, 1.807) is 17.4 Å². The Bertz CT molecular complexity index is 710. The molecule has 24 heavy (non-hydrogen) atoms. The molecule has 2 heterocycles. The molecule has 1 aliphatic rings. The molecular formula is C18H19ClN2O2S. The highest BCUT2D eigenvalue weighted by atomic mass is 35.5. The highest BCUT2D eigenvalue weighted by molar-refractivity contribution is 7.10. The third-order valence-electron chi connectivity index (χ3n) is 4.19. The molecule has 0 bridgehead atoms. The third-order valence-corrected chi connectivity index (χ3v) is 5.44. The van der Waals surface area contributed by atoms with E-state index < -0.39 is 0 Å². The monoisotopic (exact) mass is 362 g/mol. The van der Waals surface area contributed by atoms with E-state index in [-0.39, 0.29) is 11.8 Å². The van der Waals surface area contributed by atoms with E-state index in [0.717, 1.165) is 10.4 Å². The second kappa shape index (κ2) is 7.81. The number of hydrogen-bond donors (Lipinski definition) is 0. The summed E-state index contributed by atoms with van der Waals surface area (Å²) in [6.45, 7) is 2.36. The summed E-state index contributed by atoms with van der Waals surface area (Å²) in [7, 11) is 0. The lowest BCUT2D eigenvalue weighted by Gasteiger charge is -2.35. The molecule has 0 unspecified atom stereocenters. The van der Waals surface area contributed by atoms with Crippen LogP contribution < -0.4 is 0 Å². The molecule has 0 saturated carbocycles. The normalized spacial score (nSPS) is 14.7. The van der Waals surface area contributed by atoms with Crippen LogP contribution >= 0.6 is 22.9 Å². The number of piperazine rings is 1. The maximum atomic E-state index is 12.4. The zero-order valence-electron chi connectivity index (χ0n) is 13.3. The van der Waals surface area contributed by atoms with Crippen LogP contribution in [0, 0.1) is 0 Å². The lowest BCUT2D eigenvalue weighted by Crippen LogP contribution is -2.51. The van der Waals surface area contributed by atoms with Gasteiger partial charge in [0.2, 0.25) is 11.8 Å². The van der Waals surface area contributed by atoms with Gasteiger partial charge in [-0.05, 0) is 23.1 Å². The molecule has 4 nitrogen and oxygen atoms in total. The summed E-state index contributed by atoms with van der Waals surface area (Å²) >= 11 is 7.72. The number of nitrogens with zero attached hydrogens (tertiary/aromatic N) is 2. The van der Waals surface area contributed by atoms with Gasteiger partial charge in [0, 0.05) is 36.1 Å². The summed E-state index contributed by atoms with van der Waals surface area (Å²) in [6.07, 6.45) is 0.758. The van der Waals surface area contributed by atoms with Crippen molar-refractivity contribution >= 4 is 34.8 Å². The molecule has 0 atom stereocenters. The van der Waals surface area contributed by atoms with Crippen molar-refractivity contribution in [1.82, 2.24) is 9.80 Å². The minimum Gasteiger partial charge on any atom is -0.339 e. The van der Waals surface area contributed by atoms with Gasteiger partial charge in [0.25, 0.3) is 0 Å². The van der Waals surface area contributed by atoms with E-state index in [2.05, 4.69) is 0 Å². The summed E-state index contributed by atoms with van der Waals surface area (Å²) < 4.78 is 0. The lowest BCUT2D eigenvalue weighted by atomic mass is 10.1. The van der Waals surface area contributed by atoms with Gasteiger partial charge >= 0.3 is 0 Å². The lowest BCUT2D eigenvalue weighted by molar-refractivity contribution is -0.138. The number of hydrogen-bond acceptors (Lipinski definition) is 3. The Kier molecular flexibility index (Phi) is 5.53. The molecule has 1 saturated heterocycles. The summed E-state index contributed by atoms with van der Waals surface area (Å²) in [5, 5.41) is 2.60. The third kappa shape index (κ3) is 4.16. The van der Waals surface area contributed by atoms with Crippen molar-refractivity contribution in [1.29, 1.82) is 0 Å². The largest absolute Gasteiger partial charge is 0.339 e. The second-order valence-electron chi connectivity index (χ2n) is 5.79. The quantitative estimate of drug-likeness (QED) is 0.839. The van der Waals surface area contributed by atoms with Crippen molar-refractivity contribution in [3.05, 3.63) is 57.2 Å². The maximum Gasteiger partial charge on any atom is 0.227 e. The van der Waals surface area contributed by atoms with Gasteiger partial charge in [-0.15, -0.1) is 11.3 Å². The van der Waals surface area contributed by atoms with Gasteiger partial charge in [0.1, 0.15) is 0 Å². The van der Waals surface area contributed by atoms with Crippen LogP contribution in [0.15, 0.2) is 41.8 Å². The molecule has 3 rings (SSSR count). The van der Waals surface area contributed by atoms with Crippen LogP contribution in [0.5, 0.6) is 0 Å². The number of halogens is 1. The van der Waals surface area contributed by atoms with Crippen molar-refractivity contribution in [2.75, 3.05) is 26.2 Å². The van der Waals surface area contributed by atoms with Crippen molar-refractivity contribution in [3.8, 4) is 0 Å². The number of rotatable bonds is 4. The van der Waals surface area contributed by atoms with Crippen molar-refractivity contribution < 1.29 is 9.59 Å². The molecule has 2 aromatic rings. The Morgan fingerprint density at radius 1 is 0.917 bits per heavy atom. The van der Waals surface area contributed by atoms with Crippen LogP contribution in [0.25, 0.3) is 0 Å². The molecule has 1 fully saturated rings. The van der Waals surface area contributed by atoms with Gasteiger partial charge in [-0.25, -0.2) is 0 Å². The van der Waals surface area contributed by atoms with Gasteiger partial charge < -0.3 is 9.80 Å². The number of amides is 2. The van der Waals surface area contributed by atoms with Gasteiger partial charge in [-0.2, -0.15) is 0 Å². The van der Waals surface area contributed by atoms with E-state index in [4.69, 9.17) is 11.6 Å². The van der Waals surface area contributed by atoms with Gasteiger partial charge in [-0.3, -0.25) is 9.59 Å². The van der Waals surface area contributed by atoms with Crippen molar-refractivity contribution in [2.45, 2.75) is 12.8 Å². The van der Waals surface area contributed by atoms with E-state index in [1.165, 1.54) is 0 Å². The predicted molar refractivity (Wildman–Crippen MR) is 96.3 cm³/mol. The number of thiophene rings is 1. The van der Waals surface area contributed by atoms with Crippen molar-refractivity contribution in [2.24, 2.45) is 0 Å². The highest BCUT2D eigenvalue weighted by Gasteiger charge is 2.24. The molecule has 6 heteroatoms. The minimum atomic E-state index is 0.0634. The zero-order valence-corrected chi connectivity index (χ0v) is 14.9. The SMILES string of the molecule is O=C(Cc1cccs1)N1CCN(C(=O)Cc2ccccc2Cl)CC1. The Morgan fingerprint density at radius 3 is 2.12 bits per heavy atom. The molecule has 2 amide bonds. The summed E-state index contributed by atoms with van der Waals surface area (Å²) in [6, 6.07) is 11.3. The van der Waals surface area contributed by atoms with Gasteiger partial charge in [0.05, 0.1) is 12.8 Å². The fourth-order valence-corrected chi connectivity index (χ4v) is 3.69. The van der Waals surface area contributed by atoms with Crippen LogP contribution in [0.1, 0.15) is 10.4 Å². The number of carbonyl (C=O) groups excluding carboxylic acids is 2. The zero-order chi connectivity index (χ0) is 16.9. The molecule has 1 aromatic heterocycles. The molecule has 1 aromatic carbocycles. The van der Waals surface area contributed by atoms with Crippen LogP contribution in [0.3, 0.4) is 0 Å². The van der Waals surface area contributed by atoms with Crippen LogP contribution in [0.4, 0.5) is 0 Å². The van der Waals surface area contributed by atoms with Crippen LogP contribution in [-0.2, 0) is 22.4 Å². The minimum absolute atomic E-state index is 0.0634. The van der Waals surface area contributed by atoms with Crippen LogP contribution in [0.2, 0.25) is 5.02 Å². The topological polar surface area (TPSA) is 40.6 Å². The molecule has 0 radical (unpaired) electrons. The molecule has 126 valence electrons. The first-order chi connectivity index (χ1) is 11.6. The molecule has 0 aliphatic carbocycles. The van der Waals surface area contributed by atoms with Crippen LogP contribution in [-0.4, -0.2) is 47.8 Å². The summed E-state index contributed by atoms with van der Waals surface area (Å²) in [4.78, 5) is 29.5.